The van der Waals surface area contributed by atoms with E-state index in [4.69, 9.17) is 4.98 Å². The minimum absolute atomic E-state index is 0.511. The number of benzene rings is 2. The molecule has 2 aromatic carbocycles. The Morgan fingerprint density at radius 1 is 1.00 bits per heavy atom. The Bertz CT molecular complexity index is 1250. The van der Waals surface area contributed by atoms with Crippen LogP contribution in [-0.2, 0) is 13.6 Å². The smallest absolute Gasteiger partial charge is 0.0705 e. The Balaban J connectivity index is 1.28. The molecular weight excluding hydrogens is 356 g/mol. The van der Waals surface area contributed by atoms with E-state index < -0.39 is 0 Å². The van der Waals surface area contributed by atoms with Gasteiger partial charge >= 0.3 is 0 Å². The summed E-state index contributed by atoms with van der Waals surface area (Å²) < 4.78 is 1.87. The van der Waals surface area contributed by atoms with Crippen LogP contribution < -0.4 is 0 Å². The monoisotopic (exact) mass is 378 g/mol. The van der Waals surface area contributed by atoms with E-state index in [-0.39, 0.29) is 0 Å². The number of nitrogens with zero attached hydrogens (tertiary/aromatic N) is 4. The van der Waals surface area contributed by atoms with E-state index in [1.54, 1.807) is 0 Å². The van der Waals surface area contributed by atoms with Crippen LogP contribution in [0.4, 0.5) is 0 Å². The van der Waals surface area contributed by atoms with Gasteiger partial charge in [0.05, 0.1) is 11.7 Å². The molecule has 6 rings (SSSR count). The molecule has 1 fully saturated rings. The molecule has 2 aromatic heterocycles. The molecule has 0 amide bonds. The van der Waals surface area contributed by atoms with Crippen molar-refractivity contribution in [3.05, 3.63) is 90.0 Å². The van der Waals surface area contributed by atoms with E-state index in [1.165, 1.54) is 39.8 Å². The van der Waals surface area contributed by atoms with E-state index in [0.29, 0.717) is 12.0 Å². The summed E-state index contributed by atoms with van der Waals surface area (Å²) in [4.78, 5) is 7.42. The number of para-hydroxylation sites is 1. The van der Waals surface area contributed by atoms with Gasteiger partial charge in [-0.25, -0.2) is 0 Å². The van der Waals surface area contributed by atoms with Crippen molar-refractivity contribution in [2.24, 2.45) is 7.05 Å². The average molecular weight is 378 g/mol. The normalized spacial score (nSPS) is 20.1. The summed E-state index contributed by atoms with van der Waals surface area (Å²) in [5.41, 5.74) is 7.47. The van der Waals surface area contributed by atoms with Crippen LogP contribution in [0.15, 0.2) is 73.2 Å². The molecule has 3 heterocycles. The molecule has 0 radical (unpaired) electrons. The molecule has 4 nitrogen and oxygen atoms in total. The molecule has 2 aliphatic rings. The Morgan fingerprint density at radius 3 is 2.83 bits per heavy atom. The van der Waals surface area contributed by atoms with Crippen molar-refractivity contribution in [1.82, 2.24) is 19.7 Å². The van der Waals surface area contributed by atoms with E-state index >= 15 is 0 Å². The highest BCUT2D eigenvalue weighted by Crippen LogP contribution is 2.46. The highest BCUT2D eigenvalue weighted by atomic mass is 15.2. The molecule has 0 saturated heterocycles. The van der Waals surface area contributed by atoms with Gasteiger partial charge in [-0.3, -0.25) is 9.67 Å². The van der Waals surface area contributed by atoms with E-state index in [0.717, 1.165) is 12.1 Å². The van der Waals surface area contributed by atoms with Crippen LogP contribution in [-0.4, -0.2) is 25.7 Å². The highest BCUT2D eigenvalue weighted by Gasteiger charge is 2.43. The summed E-state index contributed by atoms with van der Waals surface area (Å²) in [5, 5.41) is 5.57. The zero-order valence-electron chi connectivity index (χ0n) is 16.4. The van der Waals surface area contributed by atoms with Gasteiger partial charge in [0.1, 0.15) is 0 Å². The van der Waals surface area contributed by atoms with Crippen LogP contribution in [0.3, 0.4) is 0 Å². The summed E-state index contributed by atoms with van der Waals surface area (Å²) >= 11 is 0. The van der Waals surface area contributed by atoms with Crippen LogP contribution in [0, 0.1) is 0 Å². The van der Waals surface area contributed by atoms with Crippen LogP contribution in [0.5, 0.6) is 0 Å². The number of hydrogen-bond donors (Lipinski definition) is 0. The van der Waals surface area contributed by atoms with Crippen molar-refractivity contribution in [2.75, 3.05) is 0 Å². The lowest BCUT2D eigenvalue weighted by Gasteiger charge is -2.27. The Hall–Kier alpha value is -3.40. The molecule has 1 aliphatic carbocycles. The van der Waals surface area contributed by atoms with Gasteiger partial charge in [-0.2, -0.15) is 5.10 Å². The van der Waals surface area contributed by atoms with Crippen molar-refractivity contribution in [3.63, 3.8) is 0 Å². The summed E-state index contributed by atoms with van der Waals surface area (Å²) in [7, 11) is 1.97. The lowest BCUT2D eigenvalue weighted by Crippen LogP contribution is -2.24. The van der Waals surface area contributed by atoms with Gasteiger partial charge in [-0.05, 0) is 41.3 Å². The first kappa shape index (κ1) is 16.5. The van der Waals surface area contributed by atoms with Gasteiger partial charge in [0.25, 0.3) is 0 Å². The maximum Gasteiger partial charge on any atom is 0.0705 e. The lowest BCUT2D eigenvalue weighted by molar-refractivity contribution is 0.350. The largest absolute Gasteiger partial charge is 0.369 e. The Labute approximate surface area is 170 Å². The lowest BCUT2D eigenvalue weighted by atomic mass is 9.95. The number of fused-ring (bicyclic) bond motifs is 2. The summed E-state index contributed by atoms with van der Waals surface area (Å²) in [6.07, 6.45) is 9.73. The van der Waals surface area contributed by atoms with E-state index in [2.05, 4.69) is 83.1 Å². The SMILES string of the molecule is Cn1cc(-c2cccc3c2CN(C2CC2c2ccc4ccccc4n2)C=C3)cn1. The van der Waals surface area contributed by atoms with Gasteiger partial charge < -0.3 is 4.90 Å². The third-order valence-electron chi connectivity index (χ3n) is 6.20. The molecule has 1 saturated carbocycles. The van der Waals surface area contributed by atoms with Crippen molar-refractivity contribution in [2.45, 2.75) is 24.9 Å². The molecule has 4 aromatic rings. The molecule has 29 heavy (non-hydrogen) atoms. The van der Waals surface area contributed by atoms with E-state index in [9.17, 15) is 0 Å². The first-order valence-electron chi connectivity index (χ1n) is 10.2. The second-order valence-electron chi connectivity index (χ2n) is 8.10. The van der Waals surface area contributed by atoms with Gasteiger partial charge in [-0.1, -0.05) is 42.5 Å². The molecule has 2 unspecified atom stereocenters. The molecule has 2 atom stereocenters. The predicted molar refractivity (Wildman–Crippen MR) is 116 cm³/mol. The van der Waals surface area contributed by atoms with Crippen LogP contribution >= 0.6 is 0 Å². The number of aryl methyl sites for hydroxylation is 1. The number of rotatable bonds is 3. The minimum atomic E-state index is 0.511. The van der Waals surface area contributed by atoms with E-state index in [1.807, 2.05) is 17.9 Å². The Morgan fingerprint density at radius 2 is 1.93 bits per heavy atom. The van der Waals surface area contributed by atoms with Crippen molar-refractivity contribution in [1.29, 1.82) is 0 Å². The van der Waals surface area contributed by atoms with Crippen LogP contribution in [0.1, 0.15) is 29.2 Å². The molecule has 1 aliphatic heterocycles. The molecule has 142 valence electrons. The summed E-state index contributed by atoms with van der Waals surface area (Å²) in [5.74, 6) is 0.511. The second-order valence-corrected chi connectivity index (χ2v) is 8.10. The number of hydrogen-bond acceptors (Lipinski definition) is 3. The zero-order chi connectivity index (χ0) is 19.4. The quantitative estimate of drug-likeness (QED) is 0.504. The number of pyridine rings is 1. The summed E-state index contributed by atoms with van der Waals surface area (Å²) in [6, 6.07) is 19.8. The van der Waals surface area contributed by atoms with Gasteiger partial charge in [-0.15, -0.1) is 0 Å². The summed E-state index contributed by atoms with van der Waals surface area (Å²) in [6.45, 7) is 0.936. The molecule has 0 spiro atoms. The first-order chi connectivity index (χ1) is 14.3. The topological polar surface area (TPSA) is 34.0 Å². The van der Waals surface area contributed by atoms with Crippen molar-refractivity contribution < 1.29 is 0 Å². The van der Waals surface area contributed by atoms with Gasteiger partial charge in [0.15, 0.2) is 0 Å². The predicted octanol–water partition coefficient (Wildman–Crippen LogP) is 4.98. The van der Waals surface area contributed by atoms with Crippen LogP contribution in [0.25, 0.3) is 28.1 Å². The number of aromatic nitrogens is 3. The fourth-order valence-corrected chi connectivity index (χ4v) is 4.56. The second kappa shape index (κ2) is 6.31. The third kappa shape index (κ3) is 2.83. The van der Waals surface area contributed by atoms with Crippen molar-refractivity contribution >= 4 is 17.0 Å². The first-order valence-corrected chi connectivity index (χ1v) is 10.2. The zero-order valence-corrected chi connectivity index (χ0v) is 16.4. The standard InChI is InChI=1S/C25H22N4/c1-28-15-19(14-26-28)20-7-4-6-17-11-12-29(16-22(17)20)25-13-21(25)24-10-9-18-5-2-3-8-23(18)27-24/h2-12,14-15,21,25H,13,16H2,1H3. The Kier molecular flexibility index (Phi) is 3.60. The third-order valence-corrected chi connectivity index (χ3v) is 6.20. The van der Waals surface area contributed by atoms with Crippen LogP contribution in [0.2, 0.25) is 0 Å². The van der Waals surface area contributed by atoms with Crippen molar-refractivity contribution in [3.8, 4) is 11.1 Å². The molecule has 0 N–H and O–H groups in total. The molecule has 4 heteroatoms. The van der Waals surface area contributed by atoms with Gasteiger partial charge in [0, 0.05) is 54.6 Å². The maximum atomic E-state index is 4.93. The fourth-order valence-electron chi connectivity index (χ4n) is 4.56. The minimum Gasteiger partial charge on any atom is -0.369 e. The fraction of sp³-hybridized carbons (Fsp3) is 0.200. The molecule has 0 bridgehead atoms. The average Bonchev–Trinajstić information content (AvgIpc) is 3.46. The highest BCUT2D eigenvalue weighted by molar-refractivity contribution is 5.78. The molecular formula is C25H22N4. The maximum absolute atomic E-state index is 4.93. The van der Waals surface area contributed by atoms with Gasteiger partial charge in [0.2, 0.25) is 0 Å².